The van der Waals surface area contributed by atoms with E-state index in [2.05, 4.69) is 15.0 Å². The molecule has 0 radical (unpaired) electrons. The van der Waals surface area contributed by atoms with E-state index in [-0.39, 0.29) is 11.9 Å². The molecule has 7 heteroatoms. The minimum atomic E-state index is 0.0391. The van der Waals surface area contributed by atoms with E-state index in [1.54, 1.807) is 17.5 Å². The number of hydrogen-bond acceptors (Lipinski definition) is 5. The maximum absolute atomic E-state index is 13.0. The predicted octanol–water partition coefficient (Wildman–Crippen LogP) is 3.10. The molecule has 3 aromatic heterocycles. The molecule has 1 amide bonds. The highest BCUT2D eigenvalue weighted by Crippen LogP contribution is 2.31. The molecule has 130 valence electrons. The molecule has 1 fully saturated rings. The number of aryl methyl sites for hydroxylation is 2. The van der Waals surface area contributed by atoms with Crippen LogP contribution in [-0.2, 0) is 11.2 Å². The number of carbonyl (C=O) groups excluding carboxylic acids is 1. The Morgan fingerprint density at radius 2 is 2.16 bits per heavy atom. The van der Waals surface area contributed by atoms with Crippen molar-refractivity contribution in [1.29, 1.82) is 0 Å². The number of thiazole rings is 1. The fourth-order valence-electron chi connectivity index (χ4n) is 3.52. The predicted molar refractivity (Wildman–Crippen MR) is 96.6 cm³/mol. The second-order valence-electron chi connectivity index (χ2n) is 6.50. The van der Waals surface area contributed by atoms with Crippen LogP contribution in [0.15, 0.2) is 24.7 Å². The first-order valence-electron chi connectivity index (χ1n) is 8.64. The molecule has 4 heterocycles. The quantitative estimate of drug-likeness (QED) is 0.724. The lowest BCUT2D eigenvalue weighted by atomic mass is 9.98. The minimum Gasteiger partial charge on any atom is -0.334 e. The highest BCUT2D eigenvalue weighted by atomic mass is 32.1. The van der Waals surface area contributed by atoms with Crippen molar-refractivity contribution in [3.05, 3.63) is 45.9 Å². The lowest BCUT2D eigenvalue weighted by Crippen LogP contribution is -2.39. The summed E-state index contributed by atoms with van der Waals surface area (Å²) in [5.74, 6) is 0.853. The molecular formula is C18H21N5OS. The Kier molecular flexibility index (Phi) is 4.25. The number of carbonyl (C=O) groups is 1. The Balaban J connectivity index is 1.59. The van der Waals surface area contributed by atoms with Crippen LogP contribution >= 0.6 is 11.3 Å². The third-order valence-electron chi connectivity index (χ3n) is 4.76. The SMILES string of the molecule is Cc1nc(C)c(CC(=O)N2CCCC[C@@H]2c2ccn3ccnc3n2)s1. The highest BCUT2D eigenvalue weighted by molar-refractivity contribution is 7.11. The zero-order valence-electron chi connectivity index (χ0n) is 14.5. The van der Waals surface area contributed by atoms with Gasteiger partial charge < -0.3 is 4.90 Å². The van der Waals surface area contributed by atoms with Crippen molar-refractivity contribution in [2.24, 2.45) is 0 Å². The first kappa shape index (κ1) is 16.2. The summed E-state index contributed by atoms with van der Waals surface area (Å²) in [5.41, 5.74) is 1.91. The Bertz CT molecular complexity index is 915. The Morgan fingerprint density at radius 3 is 2.96 bits per heavy atom. The fraction of sp³-hybridized carbons (Fsp3) is 0.444. The Morgan fingerprint density at radius 1 is 1.28 bits per heavy atom. The number of piperidine rings is 1. The highest BCUT2D eigenvalue weighted by Gasteiger charge is 2.29. The van der Waals surface area contributed by atoms with Crippen LogP contribution in [0.3, 0.4) is 0 Å². The smallest absolute Gasteiger partial charge is 0.233 e. The normalized spacial score (nSPS) is 18.0. The van der Waals surface area contributed by atoms with Gasteiger partial charge in [0.25, 0.3) is 0 Å². The zero-order chi connectivity index (χ0) is 17.4. The van der Waals surface area contributed by atoms with E-state index in [9.17, 15) is 4.79 Å². The molecule has 0 N–H and O–H groups in total. The molecule has 0 saturated carbocycles. The number of imidazole rings is 1. The van der Waals surface area contributed by atoms with Gasteiger partial charge in [-0.2, -0.15) is 0 Å². The number of fused-ring (bicyclic) bond motifs is 1. The molecule has 6 nitrogen and oxygen atoms in total. The molecule has 3 aromatic rings. The Labute approximate surface area is 150 Å². The van der Waals surface area contributed by atoms with Gasteiger partial charge in [0.1, 0.15) is 0 Å². The van der Waals surface area contributed by atoms with Crippen LogP contribution in [0.5, 0.6) is 0 Å². The third kappa shape index (κ3) is 3.16. The van der Waals surface area contributed by atoms with Crippen LogP contribution in [0.1, 0.15) is 46.6 Å². The maximum atomic E-state index is 13.0. The summed E-state index contributed by atoms with van der Waals surface area (Å²) >= 11 is 1.62. The minimum absolute atomic E-state index is 0.0391. The summed E-state index contributed by atoms with van der Waals surface area (Å²) in [5, 5.41) is 1.02. The third-order valence-corrected chi connectivity index (χ3v) is 5.83. The van der Waals surface area contributed by atoms with Crippen LogP contribution < -0.4 is 0 Å². The number of rotatable bonds is 3. The molecule has 0 spiro atoms. The lowest BCUT2D eigenvalue weighted by molar-refractivity contribution is -0.134. The van der Waals surface area contributed by atoms with E-state index < -0.39 is 0 Å². The van der Waals surface area contributed by atoms with Crippen molar-refractivity contribution in [2.75, 3.05) is 6.54 Å². The van der Waals surface area contributed by atoms with Gasteiger partial charge in [-0.05, 0) is 39.2 Å². The van der Waals surface area contributed by atoms with E-state index in [0.717, 1.165) is 47.1 Å². The fourth-order valence-corrected chi connectivity index (χ4v) is 4.45. The molecule has 25 heavy (non-hydrogen) atoms. The molecular weight excluding hydrogens is 334 g/mol. The van der Waals surface area contributed by atoms with E-state index >= 15 is 0 Å². The second kappa shape index (κ2) is 6.55. The van der Waals surface area contributed by atoms with Crippen LogP contribution in [-0.4, -0.2) is 36.7 Å². The van der Waals surface area contributed by atoms with Gasteiger partial charge in [0.05, 0.1) is 28.9 Å². The van der Waals surface area contributed by atoms with Crippen LogP contribution in [0, 0.1) is 13.8 Å². The van der Waals surface area contributed by atoms with Crippen molar-refractivity contribution in [2.45, 2.75) is 45.6 Å². The van der Waals surface area contributed by atoms with Gasteiger partial charge in [-0.3, -0.25) is 9.20 Å². The zero-order valence-corrected chi connectivity index (χ0v) is 15.3. The molecule has 1 saturated heterocycles. The molecule has 0 aromatic carbocycles. The van der Waals surface area contributed by atoms with Crippen molar-refractivity contribution in [3.63, 3.8) is 0 Å². The average Bonchev–Trinajstić information content (AvgIpc) is 3.20. The lowest BCUT2D eigenvalue weighted by Gasteiger charge is -2.35. The number of hydrogen-bond donors (Lipinski definition) is 0. The van der Waals surface area contributed by atoms with Crippen molar-refractivity contribution >= 4 is 23.0 Å². The first-order chi connectivity index (χ1) is 12.1. The Hall–Kier alpha value is -2.28. The summed E-state index contributed by atoms with van der Waals surface area (Å²) in [6.07, 6.45) is 9.15. The van der Waals surface area contributed by atoms with Gasteiger partial charge in [0.15, 0.2) is 0 Å². The monoisotopic (exact) mass is 355 g/mol. The number of amides is 1. The largest absolute Gasteiger partial charge is 0.334 e. The van der Waals surface area contributed by atoms with Crippen molar-refractivity contribution in [3.8, 4) is 0 Å². The van der Waals surface area contributed by atoms with E-state index in [1.807, 2.05) is 41.6 Å². The number of nitrogens with zero attached hydrogens (tertiary/aromatic N) is 5. The average molecular weight is 355 g/mol. The summed E-state index contributed by atoms with van der Waals surface area (Å²) in [4.78, 5) is 29.4. The molecule has 1 aliphatic heterocycles. The van der Waals surface area contributed by atoms with Crippen LogP contribution in [0.4, 0.5) is 0 Å². The number of aromatic nitrogens is 4. The summed E-state index contributed by atoms with van der Waals surface area (Å²) in [7, 11) is 0. The molecule has 0 unspecified atom stereocenters. The van der Waals surface area contributed by atoms with Gasteiger partial charge in [-0.25, -0.2) is 15.0 Å². The van der Waals surface area contributed by atoms with Crippen LogP contribution in [0.2, 0.25) is 0 Å². The first-order valence-corrected chi connectivity index (χ1v) is 9.45. The molecule has 0 aliphatic carbocycles. The van der Waals surface area contributed by atoms with Gasteiger partial charge >= 0.3 is 0 Å². The van der Waals surface area contributed by atoms with Crippen molar-refractivity contribution < 1.29 is 4.79 Å². The van der Waals surface area contributed by atoms with Crippen molar-refractivity contribution in [1.82, 2.24) is 24.3 Å². The van der Waals surface area contributed by atoms with Gasteiger partial charge in [-0.1, -0.05) is 0 Å². The summed E-state index contributed by atoms with van der Waals surface area (Å²) in [6, 6.07) is 2.05. The van der Waals surface area contributed by atoms with Gasteiger partial charge in [-0.15, -0.1) is 11.3 Å². The number of likely N-dealkylation sites (tertiary alicyclic amines) is 1. The summed E-state index contributed by atoms with van der Waals surface area (Å²) in [6.45, 7) is 4.76. The van der Waals surface area contributed by atoms with Crippen LogP contribution in [0.25, 0.3) is 5.78 Å². The van der Waals surface area contributed by atoms with Gasteiger partial charge in [0, 0.05) is 30.0 Å². The van der Waals surface area contributed by atoms with E-state index in [0.29, 0.717) is 12.2 Å². The van der Waals surface area contributed by atoms with E-state index in [1.165, 1.54) is 0 Å². The van der Waals surface area contributed by atoms with Gasteiger partial charge in [0.2, 0.25) is 11.7 Å². The molecule has 4 rings (SSSR count). The summed E-state index contributed by atoms with van der Waals surface area (Å²) < 4.78 is 1.89. The molecule has 1 aliphatic rings. The standard InChI is InChI=1S/C18H21N5OS/c1-12-16(25-13(2)20-12)11-17(24)23-8-4-3-5-15(23)14-6-9-22-10-7-19-18(22)21-14/h6-7,9-10,15H,3-5,8,11H2,1-2H3/t15-/m1/s1. The van der Waals surface area contributed by atoms with E-state index in [4.69, 9.17) is 0 Å². The second-order valence-corrected chi connectivity index (χ2v) is 7.79. The molecule has 0 bridgehead atoms. The topological polar surface area (TPSA) is 63.4 Å². The molecule has 1 atom stereocenters. The maximum Gasteiger partial charge on any atom is 0.233 e.